The van der Waals surface area contributed by atoms with Gasteiger partial charge in [0.1, 0.15) is 5.69 Å². The van der Waals surface area contributed by atoms with Crippen LogP contribution in [-0.4, -0.2) is 15.6 Å². The number of Topliss-reactive ketones (excluding diaryl/α,β-unsaturated/α-hetero) is 1. The molecule has 0 aliphatic heterocycles. The van der Waals surface area contributed by atoms with Gasteiger partial charge in [-0.25, -0.2) is 4.68 Å². The van der Waals surface area contributed by atoms with Crippen molar-refractivity contribution in [2.75, 3.05) is 0 Å². The highest BCUT2D eigenvalue weighted by molar-refractivity contribution is 6.30. The molecule has 1 heterocycles. The Morgan fingerprint density at radius 2 is 2.15 bits per heavy atom. The van der Waals surface area contributed by atoms with Gasteiger partial charge in [-0.15, -0.1) is 0 Å². The molecule has 0 aliphatic rings. The van der Waals surface area contributed by atoms with Crippen LogP contribution < -0.4 is 5.56 Å². The fraction of sp³-hybridized carbons (Fsp3) is 0.143. The van der Waals surface area contributed by atoms with E-state index in [9.17, 15) is 9.59 Å². The van der Waals surface area contributed by atoms with Gasteiger partial charge in [-0.1, -0.05) is 17.7 Å². The second kappa shape index (κ2) is 5.68. The van der Waals surface area contributed by atoms with Crippen molar-refractivity contribution >= 4 is 17.4 Å². The average molecular weight is 288 g/mol. The van der Waals surface area contributed by atoms with Crippen LogP contribution in [0, 0.1) is 11.3 Å². The number of nitrogens with zero attached hydrogens (tertiary/aromatic N) is 3. The number of nitriles is 1. The molecule has 1 aromatic carbocycles. The van der Waals surface area contributed by atoms with Crippen LogP contribution >= 0.6 is 11.6 Å². The van der Waals surface area contributed by atoms with E-state index in [2.05, 4.69) is 5.10 Å². The lowest BCUT2D eigenvalue weighted by Gasteiger charge is -2.07. The molecule has 100 valence electrons. The molecule has 6 heteroatoms. The topological polar surface area (TPSA) is 75.8 Å². The maximum atomic E-state index is 11.7. The maximum Gasteiger partial charge on any atom is 0.267 e. The summed E-state index contributed by atoms with van der Waals surface area (Å²) >= 11 is 5.82. The zero-order valence-corrected chi connectivity index (χ0v) is 11.4. The lowest BCUT2D eigenvalue weighted by Crippen LogP contribution is -2.24. The van der Waals surface area contributed by atoms with Crippen molar-refractivity contribution in [3.63, 3.8) is 0 Å². The summed E-state index contributed by atoms with van der Waals surface area (Å²) in [5, 5.41) is 13.5. The number of rotatable bonds is 3. The van der Waals surface area contributed by atoms with Gasteiger partial charge in [-0.05, 0) is 23.8 Å². The van der Waals surface area contributed by atoms with Crippen LogP contribution in [0.1, 0.15) is 28.5 Å². The first-order chi connectivity index (χ1) is 9.51. The van der Waals surface area contributed by atoms with Crippen molar-refractivity contribution in [2.24, 2.45) is 0 Å². The Hall–Kier alpha value is -2.45. The van der Waals surface area contributed by atoms with Crippen LogP contribution in [0.3, 0.4) is 0 Å². The summed E-state index contributed by atoms with van der Waals surface area (Å²) in [5.74, 6) is -0.227. The number of carbonyl (C=O) groups is 1. The van der Waals surface area contributed by atoms with E-state index >= 15 is 0 Å². The summed E-state index contributed by atoms with van der Waals surface area (Å²) in [6.45, 7) is 1.49. The first-order valence-corrected chi connectivity index (χ1v) is 6.16. The Kier molecular flexibility index (Phi) is 3.97. The van der Waals surface area contributed by atoms with Gasteiger partial charge in [0.2, 0.25) is 0 Å². The zero-order valence-electron chi connectivity index (χ0n) is 10.6. The molecule has 1 aromatic heterocycles. The van der Waals surface area contributed by atoms with Gasteiger partial charge in [-0.3, -0.25) is 9.59 Å². The molecule has 0 bridgehead atoms. The molecule has 0 fully saturated rings. The normalized spacial score (nSPS) is 10.1. The molecule has 0 radical (unpaired) electrons. The fourth-order valence-corrected chi connectivity index (χ4v) is 1.87. The number of carbonyl (C=O) groups excluding carboxylic acids is 1. The smallest absolute Gasteiger partial charge is 0.267 e. The van der Waals surface area contributed by atoms with E-state index in [0.717, 1.165) is 4.68 Å². The lowest BCUT2D eigenvalue weighted by atomic mass is 10.1. The van der Waals surface area contributed by atoms with E-state index in [1.54, 1.807) is 12.1 Å². The summed E-state index contributed by atoms with van der Waals surface area (Å²) < 4.78 is 1.15. The second-order valence-corrected chi connectivity index (χ2v) is 4.62. The molecule has 0 saturated heterocycles. The summed E-state index contributed by atoms with van der Waals surface area (Å²) in [4.78, 5) is 23.0. The van der Waals surface area contributed by atoms with Crippen molar-refractivity contribution in [1.82, 2.24) is 9.78 Å². The average Bonchev–Trinajstić information content (AvgIpc) is 2.42. The molecule has 2 aromatic rings. The summed E-state index contributed by atoms with van der Waals surface area (Å²) in [5.41, 5.74) is 0.859. The Balaban J connectivity index is 2.45. The first kappa shape index (κ1) is 14.0. The Morgan fingerprint density at radius 1 is 1.40 bits per heavy atom. The Labute approximate surface area is 120 Å². The minimum absolute atomic E-state index is 0.111. The minimum atomic E-state index is -0.339. The predicted molar refractivity (Wildman–Crippen MR) is 73.8 cm³/mol. The van der Waals surface area contributed by atoms with E-state index in [-0.39, 0.29) is 23.6 Å². The SMILES string of the molecule is CC(=O)c1ccc(=O)n(Cc2ccc(Cl)cc2C#N)n1. The van der Waals surface area contributed by atoms with Crippen molar-refractivity contribution in [3.8, 4) is 6.07 Å². The third-order valence-corrected chi connectivity index (χ3v) is 2.97. The van der Waals surface area contributed by atoms with Gasteiger partial charge in [0.15, 0.2) is 5.78 Å². The number of hydrogen-bond acceptors (Lipinski definition) is 4. The lowest BCUT2D eigenvalue weighted by molar-refractivity contribution is 0.101. The summed E-state index contributed by atoms with van der Waals surface area (Å²) in [7, 11) is 0. The van der Waals surface area contributed by atoms with E-state index < -0.39 is 0 Å². The number of halogens is 1. The van der Waals surface area contributed by atoms with Crippen molar-refractivity contribution in [3.05, 3.63) is 62.5 Å². The minimum Gasteiger partial charge on any atom is -0.293 e. The molecule has 0 amide bonds. The molecule has 5 nitrogen and oxygen atoms in total. The van der Waals surface area contributed by atoms with E-state index in [0.29, 0.717) is 16.1 Å². The standard InChI is InChI=1S/C14H10ClN3O2/c1-9(19)13-4-5-14(20)18(17-13)8-10-2-3-12(15)6-11(10)7-16/h2-6H,8H2,1H3. The van der Waals surface area contributed by atoms with Crippen LogP contribution in [0.2, 0.25) is 5.02 Å². The first-order valence-electron chi connectivity index (χ1n) is 5.79. The molecular weight excluding hydrogens is 278 g/mol. The quantitative estimate of drug-likeness (QED) is 0.809. The van der Waals surface area contributed by atoms with Gasteiger partial charge >= 0.3 is 0 Å². The van der Waals surface area contributed by atoms with Crippen LogP contribution in [0.5, 0.6) is 0 Å². The van der Waals surface area contributed by atoms with Crippen LogP contribution in [0.4, 0.5) is 0 Å². The van der Waals surface area contributed by atoms with Gasteiger partial charge in [0.05, 0.1) is 18.2 Å². The molecular formula is C14H10ClN3O2. The molecule has 0 unspecified atom stereocenters. The second-order valence-electron chi connectivity index (χ2n) is 4.18. The molecule has 0 atom stereocenters. The highest BCUT2D eigenvalue weighted by atomic mass is 35.5. The number of hydrogen-bond donors (Lipinski definition) is 0. The fourth-order valence-electron chi connectivity index (χ4n) is 1.70. The monoisotopic (exact) mass is 287 g/mol. The largest absolute Gasteiger partial charge is 0.293 e. The molecule has 2 rings (SSSR count). The number of ketones is 1. The number of aromatic nitrogens is 2. The van der Waals surface area contributed by atoms with E-state index in [1.165, 1.54) is 25.1 Å². The van der Waals surface area contributed by atoms with Crippen LogP contribution in [0.25, 0.3) is 0 Å². The van der Waals surface area contributed by atoms with Crippen LogP contribution in [0.15, 0.2) is 35.1 Å². The third-order valence-electron chi connectivity index (χ3n) is 2.74. The Bertz CT molecular complexity index is 775. The van der Waals surface area contributed by atoms with Gasteiger partial charge in [0.25, 0.3) is 5.56 Å². The number of benzene rings is 1. The third kappa shape index (κ3) is 2.92. The van der Waals surface area contributed by atoms with E-state index in [4.69, 9.17) is 16.9 Å². The molecule has 0 aliphatic carbocycles. The molecule has 20 heavy (non-hydrogen) atoms. The van der Waals surface area contributed by atoms with Crippen molar-refractivity contribution < 1.29 is 4.79 Å². The van der Waals surface area contributed by atoms with Crippen molar-refractivity contribution in [2.45, 2.75) is 13.5 Å². The summed E-state index contributed by atoms with van der Waals surface area (Å²) in [6.07, 6.45) is 0. The van der Waals surface area contributed by atoms with Gasteiger partial charge in [-0.2, -0.15) is 10.4 Å². The maximum absolute atomic E-state index is 11.7. The highest BCUT2D eigenvalue weighted by Gasteiger charge is 2.08. The predicted octanol–water partition coefficient (Wildman–Crippen LogP) is 2.02. The van der Waals surface area contributed by atoms with Gasteiger partial charge < -0.3 is 0 Å². The van der Waals surface area contributed by atoms with Crippen LogP contribution in [-0.2, 0) is 6.54 Å². The molecule has 0 N–H and O–H groups in total. The van der Waals surface area contributed by atoms with Gasteiger partial charge in [0, 0.05) is 18.0 Å². The highest BCUT2D eigenvalue weighted by Crippen LogP contribution is 2.15. The van der Waals surface area contributed by atoms with E-state index in [1.807, 2.05) is 6.07 Å². The van der Waals surface area contributed by atoms with Crippen molar-refractivity contribution in [1.29, 1.82) is 5.26 Å². The summed E-state index contributed by atoms with van der Waals surface area (Å²) in [6, 6.07) is 9.51. The Morgan fingerprint density at radius 3 is 2.80 bits per heavy atom. The molecule has 0 saturated carbocycles. The molecule has 0 spiro atoms. The zero-order chi connectivity index (χ0) is 14.7.